The number of nitrogens with zero attached hydrogens (tertiary/aromatic N) is 1. The predicted molar refractivity (Wildman–Crippen MR) is 144 cm³/mol. The molecule has 3 N–H and O–H groups in total. The molecule has 4 rings (SSSR count). The van der Waals surface area contributed by atoms with Gasteiger partial charge in [-0.05, 0) is 53.6 Å². The van der Waals surface area contributed by atoms with Crippen molar-refractivity contribution in [2.45, 2.75) is 6.42 Å². The average Bonchev–Trinajstić information content (AvgIpc) is 2.90. The van der Waals surface area contributed by atoms with E-state index in [4.69, 9.17) is 28.3 Å². The Morgan fingerprint density at radius 1 is 0.821 bits per heavy atom. The fourth-order valence-electron chi connectivity index (χ4n) is 3.69. The monoisotopic (exact) mass is 569 g/mol. The lowest BCUT2D eigenvalue weighted by Gasteiger charge is -2.12. The van der Waals surface area contributed by atoms with Gasteiger partial charge in [-0.25, -0.2) is 8.78 Å². The molecular weight excluding hydrogens is 551 g/mol. The lowest BCUT2D eigenvalue weighted by molar-refractivity contribution is -0.136. The molecule has 0 saturated carbocycles. The van der Waals surface area contributed by atoms with Crippen LogP contribution in [0.5, 0.6) is 0 Å². The molecule has 0 aliphatic heterocycles. The van der Waals surface area contributed by atoms with E-state index in [1.807, 2.05) is 0 Å². The maximum absolute atomic E-state index is 14.2. The topological polar surface area (TPSA) is 108 Å². The first kappa shape index (κ1) is 27.7. The van der Waals surface area contributed by atoms with Gasteiger partial charge in [0.05, 0.1) is 12.0 Å². The van der Waals surface area contributed by atoms with Crippen LogP contribution in [0.2, 0.25) is 10.0 Å². The predicted octanol–water partition coefficient (Wildman–Crippen LogP) is 6.46. The minimum absolute atomic E-state index is 0.0152. The molecule has 1 heterocycles. The highest BCUT2D eigenvalue weighted by Gasteiger charge is 2.19. The quantitative estimate of drug-likeness (QED) is 0.226. The van der Waals surface area contributed by atoms with Crippen molar-refractivity contribution in [1.29, 1.82) is 0 Å². The van der Waals surface area contributed by atoms with Crippen LogP contribution in [0.3, 0.4) is 0 Å². The Bertz CT molecular complexity index is 1560. The smallest absolute Gasteiger partial charge is 0.305 e. The number of carboxylic acid groups (broad SMARTS) is 1. The summed E-state index contributed by atoms with van der Waals surface area (Å²) in [6, 6.07) is 16.2. The van der Waals surface area contributed by atoms with Gasteiger partial charge in [0.2, 0.25) is 0 Å². The second kappa shape index (κ2) is 12.0. The first-order chi connectivity index (χ1) is 18.6. The highest BCUT2D eigenvalue weighted by atomic mass is 35.5. The molecule has 0 atom stereocenters. The number of carbonyl (C=O) groups excluding carboxylic acids is 2. The summed E-state index contributed by atoms with van der Waals surface area (Å²) in [6.07, 6.45) is 0.981. The second-order valence-electron chi connectivity index (χ2n) is 8.30. The number of benzene rings is 3. The summed E-state index contributed by atoms with van der Waals surface area (Å²) in [6.45, 7) is -0.0845. The van der Waals surface area contributed by atoms with Gasteiger partial charge in [-0.2, -0.15) is 0 Å². The van der Waals surface area contributed by atoms with E-state index in [2.05, 4.69) is 15.6 Å². The maximum atomic E-state index is 14.2. The van der Waals surface area contributed by atoms with Crippen molar-refractivity contribution in [3.05, 3.63) is 106 Å². The summed E-state index contributed by atoms with van der Waals surface area (Å²) in [4.78, 5) is 39.9. The van der Waals surface area contributed by atoms with Crippen LogP contribution in [0.4, 0.5) is 14.5 Å². The van der Waals surface area contributed by atoms with Crippen molar-refractivity contribution in [2.75, 3.05) is 11.9 Å². The minimum atomic E-state index is -1.21. The Labute approximate surface area is 231 Å². The van der Waals surface area contributed by atoms with Crippen molar-refractivity contribution < 1.29 is 28.3 Å². The third kappa shape index (κ3) is 6.76. The minimum Gasteiger partial charge on any atom is -0.481 e. The number of amides is 2. The van der Waals surface area contributed by atoms with Crippen LogP contribution in [-0.4, -0.2) is 34.4 Å². The third-order valence-corrected chi connectivity index (χ3v) is 6.17. The maximum Gasteiger partial charge on any atom is 0.305 e. The first-order valence-electron chi connectivity index (χ1n) is 11.4. The van der Waals surface area contributed by atoms with E-state index in [9.17, 15) is 23.2 Å². The van der Waals surface area contributed by atoms with Gasteiger partial charge < -0.3 is 15.7 Å². The largest absolute Gasteiger partial charge is 0.481 e. The van der Waals surface area contributed by atoms with E-state index in [0.29, 0.717) is 15.7 Å². The van der Waals surface area contributed by atoms with Crippen LogP contribution in [0, 0.1) is 11.6 Å². The zero-order valence-electron chi connectivity index (χ0n) is 20.0. The van der Waals surface area contributed by atoms with Gasteiger partial charge in [0.1, 0.15) is 5.69 Å². The van der Waals surface area contributed by atoms with Crippen LogP contribution in [-0.2, 0) is 4.79 Å². The molecule has 7 nitrogen and oxygen atoms in total. The first-order valence-corrected chi connectivity index (χ1v) is 12.2. The number of rotatable bonds is 8. The molecule has 3 aromatic carbocycles. The Hall–Kier alpha value is -4.34. The Balaban J connectivity index is 1.55. The molecule has 11 heteroatoms. The van der Waals surface area contributed by atoms with E-state index in [-0.39, 0.29) is 35.3 Å². The zero-order valence-corrected chi connectivity index (χ0v) is 21.5. The highest BCUT2D eigenvalue weighted by Crippen LogP contribution is 2.31. The summed E-state index contributed by atoms with van der Waals surface area (Å²) < 4.78 is 28.3. The average molecular weight is 570 g/mol. The Kier molecular flexibility index (Phi) is 8.53. The number of carboxylic acids is 1. The van der Waals surface area contributed by atoms with E-state index in [0.717, 1.165) is 23.3 Å². The SMILES string of the molecule is O=C(O)CCNC(=O)c1ccc(-c2cc(F)c(F)cc2C(=O)Nc2ccc(-c3ccc(Cl)cc3Cl)cc2)cn1. The highest BCUT2D eigenvalue weighted by molar-refractivity contribution is 6.36. The van der Waals surface area contributed by atoms with Crippen LogP contribution in [0.25, 0.3) is 22.3 Å². The molecule has 0 saturated heterocycles. The van der Waals surface area contributed by atoms with Gasteiger partial charge in [-0.3, -0.25) is 19.4 Å². The van der Waals surface area contributed by atoms with Crippen LogP contribution >= 0.6 is 23.2 Å². The number of anilines is 1. The van der Waals surface area contributed by atoms with Crippen molar-refractivity contribution in [3.63, 3.8) is 0 Å². The molecule has 198 valence electrons. The molecule has 0 spiro atoms. The van der Waals surface area contributed by atoms with Crippen LogP contribution in [0.15, 0.2) is 72.9 Å². The third-order valence-electron chi connectivity index (χ3n) is 5.62. The van der Waals surface area contributed by atoms with E-state index < -0.39 is 29.4 Å². The molecule has 0 aliphatic rings. The molecule has 0 fully saturated rings. The summed E-state index contributed by atoms with van der Waals surface area (Å²) in [5.41, 5.74) is 2.07. The summed E-state index contributed by atoms with van der Waals surface area (Å²) in [5.74, 6) is -4.74. The number of halogens is 4. The molecule has 4 aromatic rings. The fraction of sp³-hybridized carbons (Fsp3) is 0.0714. The number of carbonyl (C=O) groups is 3. The Morgan fingerprint density at radius 3 is 2.15 bits per heavy atom. The van der Waals surface area contributed by atoms with Gasteiger partial charge in [-0.15, -0.1) is 0 Å². The molecule has 0 radical (unpaired) electrons. The van der Waals surface area contributed by atoms with Gasteiger partial charge in [-0.1, -0.05) is 47.5 Å². The van der Waals surface area contributed by atoms with Gasteiger partial charge in [0.15, 0.2) is 11.6 Å². The molecule has 1 aromatic heterocycles. The standard InChI is InChI=1S/C28H19Cl2F2N3O4/c29-17-4-7-19(22(30)11-17)15-1-5-18(6-2-15)35-27(38)21-13-24(32)23(31)12-20(21)16-3-8-25(34-14-16)28(39)33-10-9-26(36)37/h1-8,11-14H,9-10H2,(H,33,39)(H,35,38)(H,36,37). The second-order valence-corrected chi connectivity index (χ2v) is 9.14. The fourth-order valence-corrected chi connectivity index (χ4v) is 4.21. The molecule has 0 unspecified atom stereocenters. The summed E-state index contributed by atoms with van der Waals surface area (Å²) >= 11 is 12.2. The van der Waals surface area contributed by atoms with Gasteiger partial charge >= 0.3 is 5.97 Å². The normalized spacial score (nSPS) is 10.7. The summed E-state index contributed by atoms with van der Waals surface area (Å²) in [7, 11) is 0. The number of pyridine rings is 1. The van der Waals surface area contributed by atoms with E-state index >= 15 is 0 Å². The lowest BCUT2D eigenvalue weighted by atomic mass is 9.99. The van der Waals surface area contributed by atoms with Crippen molar-refractivity contribution in [1.82, 2.24) is 10.3 Å². The van der Waals surface area contributed by atoms with E-state index in [1.165, 1.54) is 18.3 Å². The molecular formula is C28H19Cl2F2N3O4. The number of hydrogen-bond acceptors (Lipinski definition) is 4. The molecule has 0 bridgehead atoms. The van der Waals surface area contributed by atoms with Gasteiger partial charge in [0.25, 0.3) is 11.8 Å². The lowest BCUT2D eigenvalue weighted by Crippen LogP contribution is -2.26. The number of nitrogens with one attached hydrogen (secondary N) is 2. The molecule has 0 aliphatic carbocycles. The van der Waals surface area contributed by atoms with E-state index in [1.54, 1.807) is 42.5 Å². The van der Waals surface area contributed by atoms with Crippen molar-refractivity contribution in [2.24, 2.45) is 0 Å². The molecule has 39 heavy (non-hydrogen) atoms. The van der Waals surface area contributed by atoms with Gasteiger partial charge in [0, 0.05) is 39.6 Å². The zero-order chi connectivity index (χ0) is 28.1. The van der Waals surface area contributed by atoms with Crippen LogP contribution < -0.4 is 10.6 Å². The van der Waals surface area contributed by atoms with Crippen molar-refractivity contribution >= 4 is 46.7 Å². The van der Waals surface area contributed by atoms with Crippen LogP contribution in [0.1, 0.15) is 27.3 Å². The molecule has 2 amide bonds. The number of aliphatic carboxylic acids is 1. The number of hydrogen-bond donors (Lipinski definition) is 3. The Morgan fingerprint density at radius 2 is 1.51 bits per heavy atom. The number of aromatic nitrogens is 1. The summed E-state index contributed by atoms with van der Waals surface area (Å²) in [5, 5.41) is 14.7. The van der Waals surface area contributed by atoms with Crippen molar-refractivity contribution in [3.8, 4) is 22.3 Å².